The number of aryl methyl sites for hydroxylation is 1. The van der Waals surface area contributed by atoms with Crippen LogP contribution in [0.5, 0.6) is 0 Å². The highest BCUT2D eigenvalue weighted by Gasteiger charge is 2.27. The molecule has 2 aromatic rings. The van der Waals surface area contributed by atoms with Crippen molar-refractivity contribution in [3.05, 3.63) is 42.2 Å². The molecule has 3 N–H and O–H groups in total. The van der Waals surface area contributed by atoms with E-state index in [1.165, 1.54) is 44.2 Å². The molecule has 2 unspecified atom stereocenters. The highest BCUT2D eigenvalue weighted by atomic mass is 15.3. The average Bonchev–Trinajstić information content (AvgIpc) is 3.10. The molecule has 1 aromatic heterocycles. The number of piperidine rings is 1. The van der Waals surface area contributed by atoms with Gasteiger partial charge in [0.05, 0.1) is 11.4 Å². The van der Waals surface area contributed by atoms with Crippen molar-refractivity contribution in [2.45, 2.75) is 63.6 Å². The zero-order valence-corrected chi connectivity index (χ0v) is 15.8. The predicted octanol–water partition coefficient (Wildman–Crippen LogP) is 3.01. The first kappa shape index (κ1) is 17.6. The van der Waals surface area contributed by atoms with E-state index < -0.39 is 0 Å². The van der Waals surface area contributed by atoms with Crippen LogP contribution in [0.2, 0.25) is 0 Å². The maximum atomic E-state index is 6.33. The number of nitrogens with one attached hydrogen (secondary N) is 1. The molecule has 1 aliphatic carbocycles. The van der Waals surface area contributed by atoms with Gasteiger partial charge in [-0.15, -0.1) is 0 Å². The van der Waals surface area contributed by atoms with Crippen LogP contribution in [0.25, 0.3) is 5.69 Å². The molecule has 1 saturated carbocycles. The van der Waals surface area contributed by atoms with E-state index in [0.29, 0.717) is 18.1 Å². The Hall–Kier alpha value is -1.85. The van der Waals surface area contributed by atoms with Crippen molar-refractivity contribution in [3.8, 4) is 5.69 Å². The van der Waals surface area contributed by atoms with Crippen LogP contribution in [0.1, 0.15) is 44.2 Å². The third kappa shape index (κ3) is 3.94. The molecule has 2 fully saturated rings. The Kier molecular flexibility index (Phi) is 5.27. The van der Waals surface area contributed by atoms with Gasteiger partial charge in [-0.05, 0) is 62.9 Å². The topological polar surface area (TPSA) is 59.1 Å². The fraction of sp³-hybridized carbons (Fsp3) is 0.571. The molecule has 5 nitrogen and oxygen atoms in total. The third-order valence-electron chi connectivity index (χ3n) is 5.89. The fourth-order valence-electron chi connectivity index (χ4n) is 4.39. The number of nitrogens with two attached hydrogens (primary N) is 1. The van der Waals surface area contributed by atoms with Gasteiger partial charge < -0.3 is 16.0 Å². The lowest BCUT2D eigenvalue weighted by Gasteiger charge is -2.39. The summed E-state index contributed by atoms with van der Waals surface area (Å²) in [5.74, 6) is 0. The minimum absolute atomic E-state index is 0.330. The van der Waals surface area contributed by atoms with E-state index in [4.69, 9.17) is 5.73 Å². The number of hydrogen-bond acceptors (Lipinski definition) is 4. The monoisotopic (exact) mass is 353 g/mol. The van der Waals surface area contributed by atoms with Crippen molar-refractivity contribution >= 4 is 5.69 Å². The van der Waals surface area contributed by atoms with Crippen LogP contribution in [-0.2, 0) is 0 Å². The molecule has 1 saturated heterocycles. The second-order valence-corrected chi connectivity index (χ2v) is 7.92. The summed E-state index contributed by atoms with van der Waals surface area (Å²) in [7, 11) is 0. The maximum Gasteiger partial charge on any atom is 0.0647 e. The van der Waals surface area contributed by atoms with Gasteiger partial charge in [0.25, 0.3) is 0 Å². The van der Waals surface area contributed by atoms with Crippen molar-refractivity contribution in [3.63, 3.8) is 0 Å². The quantitative estimate of drug-likeness (QED) is 0.887. The standard InChI is InChI=1S/C21H31N5/c1-16-12-14-26(24-16)19-10-8-18(9-11-19)25-13-4-5-17(15-25)23-21-7-3-2-6-20(21)22/h8-12,14,17,20-21,23H,2-7,13,15,22H2,1H3/t17-,20?,21?/m0/s1. The van der Waals surface area contributed by atoms with Crippen molar-refractivity contribution < 1.29 is 0 Å². The van der Waals surface area contributed by atoms with Gasteiger partial charge >= 0.3 is 0 Å². The first-order valence-electron chi connectivity index (χ1n) is 10.1. The van der Waals surface area contributed by atoms with Gasteiger partial charge in [-0.2, -0.15) is 5.10 Å². The van der Waals surface area contributed by atoms with Crippen molar-refractivity contribution in [1.29, 1.82) is 0 Å². The summed E-state index contributed by atoms with van der Waals surface area (Å²) < 4.78 is 1.93. The van der Waals surface area contributed by atoms with Crippen LogP contribution in [0, 0.1) is 6.92 Å². The van der Waals surface area contributed by atoms with Gasteiger partial charge in [0, 0.05) is 43.1 Å². The van der Waals surface area contributed by atoms with Crippen molar-refractivity contribution in [1.82, 2.24) is 15.1 Å². The molecular formula is C21H31N5. The molecule has 1 aliphatic heterocycles. The molecule has 2 heterocycles. The molecule has 2 aliphatic rings. The average molecular weight is 354 g/mol. The molecule has 0 radical (unpaired) electrons. The maximum absolute atomic E-state index is 6.33. The van der Waals surface area contributed by atoms with Gasteiger partial charge in [0.2, 0.25) is 0 Å². The molecule has 0 amide bonds. The summed E-state index contributed by atoms with van der Waals surface area (Å²) >= 11 is 0. The minimum atomic E-state index is 0.330. The number of nitrogens with zero attached hydrogens (tertiary/aromatic N) is 3. The normalized spacial score (nSPS) is 26.8. The van der Waals surface area contributed by atoms with Crippen LogP contribution in [0.15, 0.2) is 36.5 Å². The molecule has 5 heteroatoms. The molecule has 26 heavy (non-hydrogen) atoms. The minimum Gasteiger partial charge on any atom is -0.370 e. The summed E-state index contributed by atoms with van der Waals surface area (Å²) in [6, 6.07) is 12.2. The van der Waals surface area contributed by atoms with Crippen molar-refractivity contribution in [2.24, 2.45) is 5.73 Å². The summed E-state index contributed by atoms with van der Waals surface area (Å²) in [5, 5.41) is 8.35. The summed E-state index contributed by atoms with van der Waals surface area (Å²) in [6.07, 6.45) is 9.51. The number of hydrogen-bond donors (Lipinski definition) is 2. The molecule has 1 aromatic carbocycles. The second kappa shape index (κ2) is 7.80. The van der Waals surface area contributed by atoms with Crippen LogP contribution in [-0.4, -0.2) is 41.0 Å². The van der Waals surface area contributed by atoms with Gasteiger partial charge in [-0.1, -0.05) is 12.8 Å². The summed E-state index contributed by atoms with van der Waals surface area (Å²) in [4.78, 5) is 2.51. The van der Waals surface area contributed by atoms with E-state index in [0.717, 1.165) is 24.5 Å². The fourth-order valence-corrected chi connectivity index (χ4v) is 4.39. The molecule has 0 spiro atoms. The third-order valence-corrected chi connectivity index (χ3v) is 5.89. The molecular weight excluding hydrogens is 322 g/mol. The van der Waals surface area contributed by atoms with E-state index in [1.54, 1.807) is 0 Å². The van der Waals surface area contributed by atoms with Gasteiger partial charge in [0.15, 0.2) is 0 Å². The molecule has 3 atom stereocenters. The van der Waals surface area contributed by atoms with Crippen LogP contribution >= 0.6 is 0 Å². The predicted molar refractivity (Wildman–Crippen MR) is 107 cm³/mol. The Morgan fingerprint density at radius 2 is 1.77 bits per heavy atom. The Morgan fingerprint density at radius 3 is 2.50 bits per heavy atom. The van der Waals surface area contributed by atoms with E-state index in [2.05, 4.69) is 39.6 Å². The van der Waals surface area contributed by atoms with Gasteiger partial charge in [-0.25, -0.2) is 4.68 Å². The number of aromatic nitrogens is 2. The van der Waals surface area contributed by atoms with E-state index in [9.17, 15) is 0 Å². The van der Waals surface area contributed by atoms with Crippen LogP contribution in [0.3, 0.4) is 0 Å². The Morgan fingerprint density at radius 1 is 1.00 bits per heavy atom. The van der Waals surface area contributed by atoms with Gasteiger partial charge in [0.1, 0.15) is 0 Å². The second-order valence-electron chi connectivity index (χ2n) is 7.92. The SMILES string of the molecule is Cc1ccn(-c2ccc(N3CCC[C@H](NC4CCCCC4N)C3)cc2)n1. The number of rotatable bonds is 4. The zero-order valence-electron chi connectivity index (χ0n) is 15.8. The Balaban J connectivity index is 1.39. The van der Waals surface area contributed by atoms with Gasteiger partial charge in [-0.3, -0.25) is 0 Å². The number of benzene rings is 1. The molecule has 140 valence electrons. The first-order valence-corrected chi connectivity index (χ1v) is 10.1. The highest BCUT2D eigenvalue weighted by molar-refractivity contribution is 5.51. The van der Waals surface area contributed by atoms with E-state index in [-0.39, 0.29) is 0 Å². The smallest absolute Gasteiger partial charge is 0.0647 e. The lowest BCUT2D eigenvalue weighted by Crippen LogP contribution is -2.55. The van der Waals surface area contributed by atoms with E-state index >= 15 is 0 Å². The highest BCUT2D eigenvalue weighted by Crippen LogP contribution is 2.23. The zero-order chi connectivity index (χ0) is 17.9. The largest absolute Gasteiger partial charge is 0.370 e. The van der Waals surface area contributed by atoms with E-state index in [1.807, 2.05) is 23.9 Å². The Bertz CT molecular complexity index is 707. The lowest BCUT2D eigenvalue weighted by atomic mass is 9.89. The van der Waals surface area contributed by atoms with Crippen molar-refractivity contribution in [2.75, 3.05) is 18.0 Å². The number of anilines is 1. The molecule has 4 rings (SSSR count). The summed E-state index contributed by atoms with van der Waals surface area (Å²) in [6.45, 7) is 4.22. The lowest BCUT2D eigenvalue weighted by molar-refractivity contribution is 0.282. The van der Waals surface area contributed by atoms with Crippen LogP contribution in [0.4, 0.5) is 5.69 Å². The Labute approximate surface area is 156 Å². The van der Waals surface area contributed by atoms with Crippen LogP contribution < -0.4 is 16.0 Å². The first-order chi connectivity index (χ1) is 12.7. The molecule has 0 bridgehead atoms. The summed E-state index contributed by atoms with van der Waals surface area (Å²) in [5.41, 5.74) is 9.79.